The summed E-state index contributed by atoms with van der Waals surface area (Å²) in [7, 11) is 2.17. The molecule has 1 fully saturated rings. The summed E-state index contributed by atoms with van der Waals surface area (Å²) >= 11 is 0. The first-order valence-corrected chi connectivity index (χ1v) is 9.42. The van der Waals surface area contributed by atoms with Gasteiger partial charge in [-0.15, -0.1) is 0 Å². The van der Waals surface area contributed by atoms with Gasteiger partial charge < -0.3 is 25.0 Å². The summed E-state index contributed by atoms with van der Waals surface area (Å²) in [5.74, 6) is 2.52. The molecule has 0 saturated carbocycles. The molecule has 0 radical (unpaired) electrons. The Morgan fingerprint density at radius 1 is 0.893 bits per heavy atom. The van der Waals surface area contributed by atoms with Gasteiger partial charge in [0.2, 0.25) is 5.95 Å². The van der Waals surface area contributed by atoms with Crippen molar-refractivity contribution >= 4 is 29.0 Å². The van der Waals surface area contributed by atoms with Gasteiger partial charge in [0.05, 0.1) is 0 Å². The number of benzene rings is 1. The van der Waals surface area contributed by atoms with Crippen molar-refractivity contribution in [2.24, 2.45) is 0 Å². The molecule has 2 N–H and O–H groups in total. The summed E-state index contributed by atoms with van der Waals surface area (Å²) in [4.78, 5) is 13.7. The minimum atomic E-state index is 0.477. The van der Waals surface area contributed by atoms with Crippen LogP contribution in [0.1, 0.15) is 11.5 Å². The summed E-state index contributed by atoms with van der Waals surface area (Å²) in [5.41, 5.74) is 3.09. The number of anilines is 5. The van der Waals surface area contributed by atoms with Gasteiger partial charge in [0.15, 0.2) is 5.82 Å². The fraction of sp³-hybridized carbons (Fsp3) is 0.350. The van der Waals surface area contributed by atoms with Crippen LogP contribution in [0.3, 0.4) is 0 Å². The Bertz CT molecular complexity index is 930. The fourth-order valence-electron chi connectivity index (χ4n) is 3.20. The van der Waals surface area contributed by atoms with Crippen molar-refractivity contribution in [1.29, 1.82) is 0 Å². The molecule has 28 heavy (non-hydrogen) atoms. The van der Waals surface area contributed by atoms with Crippen molar-refractivity contribution in [2.45, 2.75) is 13.8 Å². The first kappa shape index (κ1) is 18.2. The van der Waals surface area contributed by atoms with E-state index in [1.807, 2.05) is 19.9 Å². The fourth-order valence-corrected chi connectivity index (χ4v) is 3.20. The van der Waals surface area contributed by atoms with Crippen LogP contribution >= 0.6 is 0 Å². The molecule has 1 aromatic carbocycles. The molecule has 3 heterocycles. The second kappa shape index (κ2) is 7.85. The topological polar surface area (TPSA) is 82.4 Å². The molecular weight excluding hydrogens is 354 g/mol. The largest absolute Gasteiger partial charge is 0.369 e. The Kier molecular flexibility index (Phi) is 5.12. The van der Waals surface area contributed by atoms with Gasteiger partial charge in [-0.25, -0.2) is 4.98 Å². The van der Waals surface area contributed by atoms with Gasteiger partial charge in [0, 0.05) is 55.4 Å². The van der Waals surface area contributed by atoms with Crippen LogP contribution in [0, 0.1) is 13.8 Å². The summed E-state index contributed by atoms with van der Waals surface area (Å²) in [6, 6.07) is 12.2. The molecule has 0 atom stereocenters. The lowest BCUT2D eigenvalue weighted by Crippen LogP contribution is -2.44. The smallest absolute Gasteiger partial charge is 0.230 e. The first-order valence-electron chi connectivity index (χ1n) is 9.42. The van der Waals surface area contributed by atoms with Crippen LogP contribution in [0.2, 0.25) is 0 Å². The third-order valence-corrected chi connectivity index (χ3v) is 4.73. The molecule has 1 aliphatic heterocycles. The summed E-state index contributed by atoms with van der Waals surface area (Å²) in [6.45, 7) is 8.09. The van der Waals surface area contributed by atoms with Gasteiger partial charge in [0.25, 0.3) is 0 Å². The van der Waals surface area contributed by atoms with Crippen LogP contribution in [0.25, 0.3) is 0 Å². The minimum absolute atomic E-state index is 0.477. The van der Waals surface area contributed by atoms with Crippen molar-refractivity contribution in [3.63, 3.8) is 0 Å². The van der Waals surface area contributed by atoms with E-state index < -0.39 is 0 Å². The number of piperazine rings is 1. The number of aryl methyl sites for hydroxylation is 2. The standard InChI is InChI=1S/C20H25N7O/c1-14-12-18(23-20(21-14)24-19-13-15(2)28-25-19)22-16-4-6-17(7-5-16)27-10-8-26(3)9-11-27/h4-7,12-13H,8-11H2,1-3H3,(H2,21,22,23,24,25). The summed E-state index contributed by atoms with van der Waals surface area (Å²) in [6.07, 6.45) is 0. The molecule has 3 aromatic rings. The van der Waals surface area contributed by atoms with Gasteiger partial charge in [-0.2, -0.15) is 4.98 Å². The lowest BCUT2D eigenvalue weighted by molar-refractivity contribution is 0.313. The Morgan fingerprint density at radius 2 is 1.64 bits per heavy atom. The molecule has 0 aliphatic carbocycles. The van der Waals surface area contributed by atoms with Gasteiger partial charge in [-0.1, -0.05) is 5.16 Å². The number of hydrogen-bond acceptors (Lipinski definition) is 8. The van der Waals surface area contributed by atoms with E-state index >= 15 is 0 Å². The molecule has 8 nitrogen and oxygen atoms in total. The molecule has 0 unspecified atom stereocenters. The van der Waals surface area contributed by atoms with Crippen LogP contribution < -0.4 is 15.5 Å². The average molecular weight is 379 g/mol. The highest BCUT2D eigenvalue weighted by atomic mass is 16.5. The average Bonchev–Trinajstić information content (AvgIpc) is 3.07. The maximum atomic E-state index is 5.07. The lowest BCUT2D eigenvalue weighted by atomic mass is 10.2. The van der Waals surface area contributed by atoms with E-state index in [0.29, 0.717) is 11.8 Å². The first-order chi connectivity index (χ1) is 13.5. The van der Waals surface area contributed by atoms with E-state index in [1.165, 1.54) is 5.69 Å². The van der Waals surface area contributed by atoms with E-state index in [0.717, 1.165) is 49.1 Å². The van der Waals surface area contributed by atoms with E-state index in [-0.39, 0.29) is 0 Å². The lowest BCUT2D eigenvalue weighted by Gasteiger charge is -2.34. The monoisotopic (exact) mass is 379 g/mol. The van der Waals surface area contributed by atoms with Gasteiger partial charge >= 0.3 is 0 Å². The van der Waals surface area contributed by atoms with E-state index in [2.05, 4.69) is 66.9 Å². The van der Waals surface area contributed by atoms with Gasteiger partial charge in [0.1, 0.15) is 11.6 Å². The molecule has 0 bridgehead atoms. The van der Waals surface area contributed by atoms with E-state index in [1.54, 1.807) is 6.07 Å². The molecule has 2 aromatic heterocycles. The molecule has 4 rings (SSSR count). The normalized spacial score (nSPS) is 14.9. The maximum absolute atomic E-state index is 5.07. The van der Waals surface area contributed by atoms with Crippen molar-refractivity contribution in [3.8, 4) is 0 Å². The van der Waals surface area contributed by atoms with Crippen LogP contribution in [-0.4, -0.2) is 53.3 Å². The SMILES string of the molecule is Cc1cc(Nc2ccc(N3CCN(C)CC3)cc2)nc(Nc2cc(C)on2)n1. The van der Waals surface area contributed by atoms with Crippen molar-refractivity contribution in [3.05, 3.63) is 47.9 Å². The number of likely N-dealkylation sites (N-methyl/N-ethyl adjacent to an activating group) is 1. The van der Waals surface area contributed by atoms with Crippen LogP contribution in [-0.2, 0) is 0 Å². The number of nitrogens with one attached hydrogen (secondary N) is 2. The minimum Gasteiger partial charge on any atom is -0.369 e. The molecule has 1 aliphatic rings. The third kappa shape index (κ3) is 4.40. The Morgan fingerprint density at radius 3 is 2.32 bits per heavy atom. The van der Waals surface area contributed by atoms with Crippen LogP contribution in [0.5, 0.6) is 0 Å². The zero-order valence-electron chi connectivity index (χ0n) is 16.4. The second-order valence-corrected chi connectivity index (χ2v) is 7.13. The molecule has 1 saturated heterocycles. The Hall–Kier alpha value is -3.13. The highest BCUT2D eigenvalue weighted by molar-refractivity contribution is 5.62. The Labute approximate surface area is 164 Å². The number of aromatic nitrogens is 3. The van der Waals surface area contributed by atoms with Crippen LogP contribution in [0.4, 0.5) is 29.0 Å². The predicted octanol–water partition coefficient (Wildman–Crippen LogP) is 3.32. The summed E-state index contributed by atoms with van der Waals surface area (Å²) < 4.78 is 5.07. The van der Waals surface area contributed by atoms with Crippen LogP contribution in [0.15, 0.2) is 40.9 Å². The second-order valence-electron chi connectivity index (χ2n) is 7.13. The van der Waals surface area contributed by atoms with E-state index in [9.17, 15) is 0 Å². The third-order valence-electron chi connectivity index (χ3n) is 4.73. The van der Waals surface area contributed by atoms with Gasteiger partial charge in [-0.05, 0) is 45.2 Å². The van der Waals surface area contributed by atoms with Gasteiger partial charge in [-0.3, -0.25) is 0 Å². The molecule has 146 valence electrons. The van der Waals surface area contributed by atoms with Crippen molar-refractivity contribution in [2.75, 3.05) is 48.8 Å². The van der Waals surface area contributed by atoms with E-state index in [4.69, 9.17) is 4.52 Å². The number of rotatable bonds is 5. The van der Waals surface area contributed by atoms with Crippen molar-refractivity contribution < 1.29 is 4.52 Å². The maximum Gasteiger partial charge on any atom is 0.230 e. The van der Waals surface area contributed by atoms with Crippen molar-refractivity contribution in [1.82, 2.24) is 20.0 Å². The Balaban J connectivity index is 1.45. The highest BCUT2D eigenvalue weighted by Gasteiger charge is 2.14. The number of nitrogens with zero attached hydrogens (tertiary/aromatic N) is 5. The molecule has 0 amide bonds. The predicted molar refractivity (Wildman–Crippen MR) is 111 cm³/mol. The molecule has 8 heteroatoms. The number of hydrogen-bond donors (Lipinski definition) is 2. The zero-order valence-corrected chi connectivity index (χ0v) is 16.4. The quantitative estimate of drug-likeness (QED) is 0.699. The summed E-state index contributed by atoms with van der Waals surface area (Å²) in [5, 5.41) is 10.3. The molecule has 0 spiro atoms. The molecular formula is C20H25N7O. The zero-order chi connectivity index (χ0) is 19.5. The highest BCUT2D eigenvalue weighted by Crippen LogP contribution is 2.23.